The van der Waals surface area contributed by atoms with Crippen molar-refractivity contribution in [2.45, 2.75) is 24.0 Å². The van der Waals surface area contributed by atoms with E-state index in [4.69, 9.17) is 16.3 Å². The Morgan fingerprint density at radius 3 is 2.55 bits per heavy atom. The Balaban J connectivity index is 1.66. The van der Waals surface area contributed by atoms with Gasteiger partial charge in [-0.05, 0) is 35.9 Å². The van der Waals surface area contributed by atoms with Gasteiger partial charge < -0.3 is 9.64 Å². The number of ether oxygens (including phenoxy) is 1. The van der Waals surface area contributed by atoms with Crippen LogP contribution >= 0.6 is 23.4 Å². The summed E-state index contributed by atoms with van der Waals surface area (Å²) in [7, 11) is -1.76. The van der Waals surface area contributed by atoms with Crippen molar-refractivity contribution in [1.29, 1.82) is 0 Å². The van der Waals surface area contributed by atoms with Crippen LogP contribution < -0.4 is 9.64 Å². The Morgan fingerprint density at radius 2 is 1.90 bits per heavy atom. The van der Waals surface area contributed by atoms with Crippen LogP contribution in [0, 0.1) is 0 Å². The van der Waals surface area contributed by atoms with Crippen molar-refractivity contribution in [1.82, 2.24) is 0 Å². The highest BCUT2D eigenvalue weighted by Crippen LogP contribution is 2.41. The molecule has 1 fully saturated rings. The maximum absolute atomic E-state index is 13.3. The molecule has 2 heterocycles. The predicted molar refractivity (Wildman–Crippen MR) is 117 cm³/mol. The molecule has 5 nitrogen and oxygen atoms in total. The molecule has 2 aliphatic heterocycles. The highest BCUT2D eigenvalue weighted by Gasteiger charge is 2.48. The van der Waals surface area contributed by atoms with Crippen molar-refractivity contribution >= 4 is 44.1 Å². The molecule has 0 amide bonds. The van der Waals surface area contributed by atoms with Gasteiger partial charge in [-0.15, -0.1) is 0 Å². The molecule has 11 heteroatoms. The number of aliphatic imine (C=N–C) groups is 1. The number of anilines is 1. The second-order valence-electron chi connectivity index (χ2n) is 7.29. The summed E-state index contributed by atoms with van der Waals surface area (Å²) in [4.78, 5) is 6.10. The lowest BCUT2D eigenvalue weighted by molar-refractivity contribution is -0.137. The largest absolute Gasteiger partial charge is 0.497 e. The van der Waals surface area contributed by atoms with Gasteiger partial charge in [0.1, 0.15) is 5.75 Å². The summed E-state index contributed by atoms with van der Waals surface area (Å²) < 4.78 is 69.4. The molecule has 0 radical (unpaired) electrons. The van der Waals surface area contributed by atoms with Crippen LogP contribution in [0.4, 0.5) is 18.9 Å². The van der Waals surface area contributed by atoms with Crippen LogP contribution in [0.3, 0.4) is 0 Å². The smallest absolute Gasteiger partial charge is 0.416 e. The molecule has 0 aliphatic carbocycles. The van der Waals surface area contributed by atoms with Crippen molar-refractivity contribution in [2.24, 2.45) is 4.99 Å². The third-order valence-electron chi connectivity index (χ3n) is 5.17. The van der Waals surface area contributed by atoms with Crippen LogP contribution in [-0.2, 0) is 21.8 Å². The fourth-order valence-corrected chi connectivity index (χ4v) is 6.78. The number of nitrogens with zero attached hydrogens (tertiary/aromatic N) is 2. The standard InChI is InChI=1S/C20H18ClF3N2O3S2/c1-29-14-5-2-12(3-6-14)9-30-19-25-16-10-31(27,28)11-18(16)26(19)17-8-13(20(22,23)24)4-7-15(17)21/h2-8,16,18H,9-11H2,1H3/t16-,18-/m1/s1. The Bertz CT molecular complexity index is 1120. The quantitative estimate of drug-likeness (QED) is 0.624. The molecule has 4 rings (SSSR count). The zero-order valence-corrected chi connectivity index (χ0v) is 18.7. The zero-order valence-electron chi connectivity index (χ0n) is 16.3. The first-order chi connectivity index (χ1) is 14.6. The van der Waals surface area contributed by atoms with E-state index in [1.165, 1.54) is 17.8 Å². The first-order valence-electron chi connectivity index (χ1n) is 9.27. The fourth-order valence-electron chi connectivity index (χ4n) is 3.66. The topological polar surface area (TPSA) is 59.0 Å². The number of hydrogen-bond acceptors (Lipinski definition) is 6. The number of halogens is 4. The minimum atomic E-state index is -4.55. The number of sulfone groups is 1. The second-order valence-corrected chi connectivity index (χ2v) is 10.8. The molecule has 0 bridgehead atoms. The highest BCUT2D eigenvalue weighted by atomic mass is 35.5. The number of hydrogen-bond donors (Lipinski definition) is 0. The summed E-state index contributed by atoms with van der Waals surface area (Å²) in [5.41, 5.74) is 0.228. The first kappa shape index (κ1) is 22.3. The molecule has 0 spiro atoms. The maximum atomic E-state index is 13.3. The molecule has 0 aromatic heterocycles. The Labute approximate surface area is 187 Å². The van der Waals surface area contributed by atoms with Gasteiger partial charge in [-0.2, -0.15) is 13.2 Å². The average Bonchev–Trinajstić information content (AvgIpc) is 3.17. The van der Waals surface area contributed by atoms with Gasteiger partial charge in [0.05, 0.1) is 47.0 Å². The minimum Gasteiger partial charge on any atom is -0.497 e. The van der Waals surface area contributed by atoms with Gasteiger partial charge in [-0.3, -0.25) is 4.99 Å². The Morgan fingerprint density at radius 1 is 1.19 bits per heavy atom. The average molecular weight is 491 g/mol. The fraction of sp³-hybridized carbons (Fsp3) is 0.350. The van der Waals surface area contributed by atoms with Gasteiger partial charge >= 0.3 is 6.18 Å². The number of fused-ring (bicyclic) bond motifs is 1. The highest BCUT2D eigenvalue weighted by molar-refractivity contribution is 8.13. The van der Waals surface area contributed by atoms with E-state index in [-0.39, 0.29) is 22.2 Å². The number of rotatable bonds is 4. The minimum absolute atomic E-state index is 0.107. The summed E-state index contributed by atoms with van der Waals surface area (Å²) in [6.07, 6.45) is -4.55. The SMILES string of the molecule is COc1ccc(CSC2=N[C@@H]3CS(=O)(=O)C[C@H]3N2c2cc(C(F)(F)F)ccc2Cl)cc1. The molecule has 31 heavy (non-hydrogen) atoms. The van der Waals surface area contributed by atoms with E-state index in [9.17, 15) is 21.6 Å². The number of methoxy groups -OCH3 is 1. The number of amidine groups is 1. The Hall–Kier alpha value is -1.91. The van der Waals surface area contributed by atoms with Crippen molar-refractivity contribution in [2.75, 3.05) is 23.5 Å². The monoisotopic (exact) mass is 490 g/mol. The van der Waals surface area contributed by atoms with Crippen molar-refractivity contribution in [3.05, 3.63) is 58.6 Å². The van der Waals surface area contributed by atoms with Crippen LogP contribution in [0.1, 0.15) is 11.1 Å². The predicted octanol–water partition coefficient (Wildman–Crippen LogP) is 4.64. The number of benzene rings is 2. The summed E-state index contributed by atoms with van der Waals surface area (Å²) in [6.45, 7) is 0. The van der Waals surface area contributed by atoms with Gasteiger partial charge in [-0.25, -0.2) is 8.42 Å². The molecule has 0 saturated carbocycles. The molecular weight excluding hydrogens is 473 g/mol. The summed E-state index contributed by atoms with van der Waals surface area (Å²) in [6, 6.07) is 9.33. The van der Waals surface area contributed by atoms with Crippen LogP contribution in [0.25, 0.3) is 0 Å². The molecule has 2 aliphatic rings. The van der Waals surface area contributed by atoms with Gasteiger partial charge in [0.2, 0.25) is 0 Å². The molecule has 166 valence electrons. The molecule has 2 aromatic carbocycles. The first-order valence-corrected chi connectivity index (χ1v) is 12.5. The van der Waals surface area contributed by atoms with E-state index in [1.807, 2.05) is 24.3 Å². The summed E-state index contributed by atoms with van der Waals surface area (Å²) >= 11 is 7.60. The zero-order chi connectivity index (χ0) is 22.4. The maximum Gasteiger partial charge on any atom is 0.416 e. The lowest BCUT2D eigenvalue weighted by Gasteiger charge is -2.28. The normalized spacial score (nSPS) is 22.4. The van der Waals surface area contributed by atoms with Gasteiger partial charge in [0.25, 0.3) is 0 Å². The molecular formula is C20H18ClF3N2O3S2. The molecule has 0 N–H and O–H groups in total. The van der Waals surface area contributed by atoms with Crippen LogP contribution in [0.5, 0.6) is 5.75 Å². The summed E-state index contributed by atoms with van der Waals surface area (Å²) in [5, 5.41) is 0.567. The van der Waals surface area contributed by atoms with Crippen molar-refractivity contribution in [3.8, 4) is 5.75 Å². The molecule has 1 saturated heterocycles. The van der Waals surface area contributed by atoms with Crippen molar-refractivity contribution < 1.29 is 26.3 Å². The number of alkyl halides is 3. The summed E-state index contributed by atoms with van der Waals surface area (Å²) in [5.74, 6) is 0.906. The Kier molecular flexibility index (Phi) is 5.91. The van der Waals surface area contributed by atoms with E-state index >= 15 is 0 Å². The van der Waals surface area contributed by atoms with Gasteiger partial charge in [-0.1, -0.05) is 35.5 Å². The third kappa shape index (κ3) is 4.65. The van der Waals surface area contributed by atoms with Crippen LogP contribution in [-0.4, -0.2) is 44.3 Å². The van der Waals surface area contributed by atoms with Gasteiger partial charge in [0, 0.05) is 5.75 Å². The van der Waals surface area contributed by atoms with E-state index < -0.39 is 33.7 Å². The second kappa shape index (κ2) is 8.22. The molecule has 0 unspecified atom stereocenters. The lowest BCUT2D eigenvalue weighted by Crippen LogP contribution is -2.39. The van der Waals surface area contributed by atoms with E-state index in [2.05, 4.69) is 4.99 Å². The van der Waals surface area contributed by atoms with E-state index in [0.29, 0.717) is 16.7 Å². The lowest BCUT2D eigenvalue weighted by atomic mass is 10.1. The van der Waals surface area contributed by atoms with E-state index in [0.717, 1.165) is 17.7 Å². The van der Waals surface area contributed by atoms with Crippen LogP contribution in [0.15, 0.2) is 47.5 Å². The van der Waals surface area contributed by atoms with Gasteiger partial charge in [0.15, 0.2) is 15.0 Å². The van der Waals surface area contributed by atoms with Crippen LogP contribution in [0.2, 0.25) is 5.02 Å². The van der Waals surface area contributed by atoms with E-state index in [1.54, 1.807) is 12.0 Å². The molecule has 2 aromatic rings. The van der Waals surface area contributed by atoms with Crippen molar-refractivity contribution in [3.63, 3.8) is 0 Å². The third-order valence-corrected chi connectivity index (χ3v) is 8.22. The number of thioether (sulfide) groups is 1. The molecule has 2 atom stereocenters.